The maximum Gasteiger partial charge on any atom is 0.211 e. The molecular weight excluding hydrogens is 412 g/mol. The molecule has 2 heterocycles. The van der Waals surface area contributed by atoms with Gasteiger partial charge in [0, 0.05) is 24.6 Å². The normalized spacial score (nSPS) is 15.5. The van der Waals surface area contributed by atoms with Gasteiger partial charge < -0.3 is 4.74 Å². The minimum atomic E-state index is -3.17. The van der Waals surface area contributed by atoms with Crippen LogP contribution in [0.15, 0.2) is 54.6 Å². The Morgan fingerprint density at radius 1 is 1.10 bits per heavy atom. The Kier molecular flexibility index (Phi) is 5.81. The fraction of sp³-hybridized carbons (Fsp3) is 0.304. The van der Waals surface area contributed by atoms with Gasteiger partial charge in [0.25, 0.3) is 0 Å². The Morgan fingerprint density at radius 3 is 2.39 bits per heavy atom. The summed E-state index contributed by atoms with van der Waals surface area (Å²) in [5.74, 6) is 0.880. The third-order valence-electron chi connectivity index (χ3n) is 5.69. The molecule has 1 aliphatic rings. The van der Waals surface area contributed by atoms with Gasteiger partial charge in [-0.2, -0.15) is 10.4 Å². The van der Waals surface area contributed by atoms with Crippen LogP contribution in [-0.4, -0.2) is 49.0 Å². The first kappa shape index (κ1) is 21.1. The summed E-state index contributed by atoms with van der Waals surface area (Å²) < 4.78 is 32.7. The molecule has 0 unspecified atom stereocenters. The van der Waals surface area contributed by atoms with Gasteiger partial charge in [-0.05, 0) is 43.2 Å². The second-order valence-corrected chi connectivity index (χ2v) is 9.65. The summed E-state index contributed by atoms with van der Waals surface area (Å²) in [5.41, 5.74) is 4.19. The smallest absolute Gasteiger partial charge is 0.211 e. The summed E-state index contributed by atoms with van der Waals surface area (Å²) in [7, 11) is -1.54. The Balaban J connectivity index is 1.75. The van der Waals surface area contributed by atoms with Gasteiger partial charge in [0.2, 0.25) is 10.0 Å². The third kappa shape index (κ3) is 4.33. The molecule has 0 atom stereocenters. The number of methoxy groups -OCH3 is 1. The third-order valence-corrected chi connectivity index (χ3v) is 7.00. The molecule has 31 heavy (non-hydrogen) atoms. The van der Waals surface area contributed by atoms with Crippen LogP contribution in [0.25, 0.3) is 16.9 Å². The van der Waals surface area contributed by atoms with Crippen LogP contribution < -0.4 is 4.74 Å². The second kappa shape index (κ2) is 8.53. The van der Waals surface area contributed by atoms with Gasteiger partial charge in [-0.25, -0.2) is 17.4 Å². The first-order chi connectivity index (χ1) is 14.9. The van der Waals surface area contributed by atoms with Crippen LogP contribution in [0, 0.1) is 11.3 Å². The van der Waals surface area contributed by atoms with Crippen molar-refractivity contribution in [3.8, 4) is 28.8 Å². The standard InChI is InChI=1S/C23H24N4O3S/c1-30-23-6-4-3-5-21(23)27-22(19-9-7-17(16-24)8-10-19)15-20(25-27)18-11-13-26(14-12-18)31(2,28)29/h3-10,15,18H,11-14H2,1-2H3. The van der Waals surface area contributed by atoms with Gasteiger partial charge in [-0.15, -0.1) is 0 Å². The maximum atomic E-state index is 11.8. The van der Waals surface area contributed by atoms with Crippen LogP contribution in [0.3, 0.4) is 0 Å². The number of nitrogens with zero attached hydrogens (tertiary/aromatic N) is 4. The lowest BCUT2D eigenvalue weighted by molar-refractivity contribution is 0.318. The lowest BCUT2D eigenvalue weighted by atomic mass is 9.94. The zero-order valence-corrected chi connectivity index (χ0v) is 18.3. The van der Waals surface area contributed by atoms with Crippen molar-refractivity contribution in [2.24, 2.45) is 0 Å². The Bertz CT molecular complexity index is 1220. The molecule has 0 spiro atoms. The molecule has 4 rings (SSSR count). The van der Waals surface area contributed by atoms with Crippen molar-refractivity contribution in [2.45, 2.75) is 18.8 Å². The number of hydrogen-bond donors (Lipinski definition) is 0. The van der Waals surface area contributed by atoms with Crippen molar-refractivity contribution in [3.05, 3.63) is 65.9 Å². The number of ether oxygens (including phenoxy) is 1. The average molecular weight is 437 g/mol. The SMILES string of the molecule is COc1ccccc1-n1nc(C2CCN(S(C)(=O)=O)CC2)cc1-c1ccc(C#N)cc1. The molecule has 1 aliphatic heterocycles. The summed E-state index contributed by atoms with van der Waals surface area (Å²) in [5, 5.41) is 14.0. The summed E-state index contributed by atoms with van der Waals surface area (Å²) in [6, 6.07) is 19.3. The Hall–Kier alpha value is -3.15. The van der Waals surface area contributed by atoms with E-state index < -0.39 is 10.0 Å². The van der Waals surface area contributed by atoms with Crippen LogP contribution in [0.4, 0.5) is 0 Å². The van der Waals surface area contributed by atoms with E-state index in [2.05, 4.69) is 12.1 Å². The number of sulfonamides is 1. The van der Waals surface area contributed by atoms with E-state index >= 15 is 0 Å². The second-order valence-electron chi connectivity index (χ2n) is 7.66. The van der Waals surface area contributed by atoms with Gasteiger partial charge >= 0.3 is 0 Å². The molecular formula is C23H24N4O3S. The highest BCUT2D eigenvalue weighted by Crippen LogP contribution is 2.34. The molecule has 0 saturated carbocycles. The summed E-state index contributed by atoms with van der Waals surface area (Å²) in [6.45, 7) is 0.994. The van der Waals surface area contributed by atoms with Gasteiger partial charge in [0.05, 0.1) is 36.4 Å². The largest absolute Gasteiger partial charge is 0.494 e. The van der Waals surface area contributed by atoms with E-state index in [-0.39, 0.29) is 5.92 Å². The minimum absolute atomic E-state index is 0.172. The molecule has 0 amide bonds. The van der Waals surface area contributed by atoms with E-state index in [1.807, 2.05) is 41.1 Å². The van der Waals surface area contributed by atoms with Crippen LogP contribution >= 0.6 is 0 Å². The first-order valence-corrected chi connectivity index (χ1v) is 11.9. The number of rotatable bonds is 5. The molecule has 0 bridgehead atoms. The molecule has 1 aromatic heterocycles. The molecule has 0 aliphatic carbocycles. The van der Waals surface area contributed by atoms with Crippen LogP contribution in [0.2, 0.25) is 0 Å². The van der Waals surface area contributed by atoms with Gasteiger partial charge in [0.15, 0.2) is 0 Å². The van der Waals surface area contributed by atoms with Crippen molar-refractivity contribution in [3.63, 3.8) is 0 Å². The number of nitriles is 1. The molecule has 7 nitrogen and oxygen atoms in total. The fourth-order valence-electron chi connectivity index (χ4n) is 3.99. The van der Waals surface area contributed by atoms with E-state index in [4.69, 9.17) is 15.1 Å². The number of benzene rings is 2. The number of piperidine rings is 1. The van der Waals surface area contributed by atoms with E-state index in [0.29, 0.717) is 24.4 Å². The van der Waals surface area contributed by atoms with E-state index in [0.717, 1.165) is 35.5 Å². The zero-order chi connectivity index (χ0) is 22.0. The maximum absolute atomic E-state index is 11.8. The summed E-state index contributed by atoms with van der Waals surface area (Å²) in [4.78, 5) is 0. The lowest BCUT2D eigenvalue weighted by Crippen LogP contribution is -2.37. The fourth-order valence-corrected chi connectivity index (χ4v) is 4.87. The van der Waals surface area contributed by atoms with Gasteiger partial charge in [0.1, 0.15) is 11.4 Å². The molecule has 160 valence electrons. The topological polar surface area (TPSA) is 88.2 Å². The number of hydrogen-bond acceptors (Lipinski definition) is 5. The van der Waals surface area contributed by atoms with Crippen LogP contribution in [-0.2, 0) is 10.0 Å². The van der Waals surface area contributed by atoms with Gasteiger partial charge in [-0.3, -0.25) is 0 Å². The van der Waals surface area contributed by atoms with Crippen molar-refractivity contribution < 1.29 is 13.2 Å². The molecule has 1 fully saturated rings. The quantitative estimate of drug-likeness (QED) is 0.610. The lowest BCUT2D eigenvalue weighted by Gasteiger charge is -2.29. The molecule has 3 aromatic rings. The zero-order valence-electron chi connectivity index (χ0n) is 17.5. The molecule has 0 radical (unpaired) electrons. The summed E-state index contributed by atoms with van der Waals surface area (Å²) in [6.07, 6.45) is 2.71. The Morgan fingerprint density at radius 2 is 1.77 bits per heavy atom. The van der Waals surface area contributed by atoms with Gasteiger partial charge in [-0.1, -0.05) is 24.3 Å². The minimum Gasteiger partial charge on any atom is -0.494 e. The molecule has 0 N–H and O–H groups in total. The molecule has 2 aromatic carbocycles. The van der Waals surface area contributed by atoms with Crippen molar-refractivity contribution >= 4 is 10.0 Å². The monoisotopic (exact) mass is 436 g/mol. The predicted octanol–water partition coefficient (Wildman–Crippen LogP) is 3.56. The first-order valence-electron chi connectivity index (χ1n) is 10.1. The van der Waals surface area contributed by atoms with Crippen molar-refractivity contribution in [1.29, 1.82) is 5.26 Å². The molecule has 8 heteroatoms. The van der Waals surface area contributed by atoms with Crippen LogP contribution in [0.5, 0.6) is 5.75 Å². The highest BCUT2D eigenvalue weighted by Gasteiger charge is 2.28. The van der Waals surface area contributed by atoms with Crippen molar-refractivity contribution in [1.82, 2.24) is 14.1 Å². The Labute approximate surface area is 182 Å². The molecule has 1 saturated heterocycles. The van der Waals surface area contributed by atoms with E-state index in [1.54, 1.807) is 19.2 Å². The average Bonchev–Trinajstić information content (AvgIpc) is 3.24. The number of aromatic nitrogens is 2. The van der Waals surface area contributed by atoms with Crippen LogP contribution in [0.1, 0.15) is 30.0 Å². The predicted molar refractivity (Wildman–Crippen MR) is 119 cm³/mol. The van der Waals surface area contributed by atoms with Crippen molar-refractivity contribution in [2.75, 3.05) is 26.5 Å². The van der Waals surface area contributed by atoms with E-state index in [1.165, 1.54) is 10.6 Å². The number of para-hydroxylation sites is 2. The highest BCUT2D eigenvalue weighted by molar-refractivity contribution is 7.88. The highest BCUT2D eigenvalue weighted by atomic mass is 32.2. The van der Waals surface area contributed by atoms with E-state index in [9.17, 15) is 8.42 Å². The summed E-state index contributed by atoms with van der Waals surface area (Å²) >= 11 is 0.